The van der Waals surface area contributed by atoms with Crippen LogP contribution in [0.3, 0.4) is 0 Å². The molecule has 0 aliphatic carbocycles. The molecule has 1 heterocycles. The fourth-order valence-electron chi connectivity index (χ4n) is 7.07. The summed E-state index contributed by atoms with van der Waals surface area (Å²) in [5.41, 5.74) is 6.63. The maximum atomic E-state index is 13.4. The van der Waals surface area contributed by atoms with Crippen LogP contribution in [-0.4, -0.2) is 53.6 Å². The van der Waals surface area contributed by atoms with Gasteiger partial charge in [-0.05, 0) is 146 Å². The van der Waals surface area contributed by atoms with E-state index in [-0.39, 0.29) is 25.1 Å². The van der Waals surface area contributed by atoms with Gasteiger partial charge in [0.1, 0.15) is 34.9 Å². The minimum Gasteiger partial charge on any atom is -0.486 e. The summed E-state index contributed by atoms with van der Waals surface area (Å²) in [6, 6.07) is 33.2. The molecule has 2 N–H and O–H groups in total. The number of aromatic nitrogens is 1. The number of pyridine rings is 1. The van der Waals surface area contributed by atoms with Gasteiger partial charge in [0.15, 0.2) is 19.3 Å². The minimum atomic E-state index is -4.41. The summed E-state index contributed by atoms with van der Waals surface area (Å²) >= 11 is 0. The van der Waals surface area contributed by atoms with Crippen molar-refractivity contribution in [3.63, 3.8) is 0 Å². The zero-order valence-corrected chi connectivity index (χ0v) is 38.1. The van der Waals surface area contributed by atoms with Gasteiger partial charge in [0.05, 0.1) is 23.6 Å². The highest BCUT2D eigenvalue weighted by Crippen LogP contribution is 2.36. The molecule has 0 aliphatic heterocycles. The lowest BCUT2D eigenvalue weighted by atomic mass is 9.92. The molecule has 2 atom stereocenters. The van der Waals surface area contributed by atoms with Gasteiger partial charge in [-0.3, -0.25) is 0 Å². The largest absolute Gasteiger partial charge is 0.486 e. The number of ether oxygens (including phenoxy) is 5. The number of hydrogen-bond acceptors (Lipinski definition) is 8. The SMILES string of the molecule is CCCCC(Oc1ccc(OCC(=O)O)c(C)c1)c1cccc(-c2ccc(F)cc2)c1C.CCCOCC(Oc1ccc(OCC(=O)O)c(C)c1)c1cccc(-c2ccc(C(F)(F)F)cc2)n1. The molecule has 6 rings (SSSR count). The van der Waals surface area contributed by atoms with Crippen molar-refractivity contribution in [2.24, 2.45) is 0 Å². The van der Waals surface area contributed by atoms with Crippen LogP contribution in [0.25, 0.3) is 22.4 Å². The van der Waals surface area contributed by atoms with Crippen molar-refractivity contribution in [2.75, 3.05) is 26.4 Å². The van der Waals surface area contributed by atoms with Crippen LogP contribution in [0, 0.1) is 26.6 Å². The molecule has 0 saturated heterocycles. The van der Waals surface area contributed by atoms with E-state index in [0.29, 0.717) is 52.1 Å². The van der Waals surface area contributed by atoms with Crippen LogP contribution < -0.4 is 18.9 Å². The third-order valence-electron chi connectivity index (χ3n) is 10.5. The topological polar surface area (TPSA) is 134 Å². The van der Waals surface area contributed by atoms with E-state index in [4.69, 9.17) is 33.9 Å². The second-order valence-corrected chi connectivity index (χ2v) is 15.7. The van der Waals surface area contributed by atoms with Crippen LogP contribution in [0.5, 0.6) is 23.0 Å². The first kappa shape index (κ1) is 51.1. The number of halogens is 4. The number of carboxylic acid groups (broad SMARTS) is 2. The van der Waals surface area contributed by atoms with E-state index < -0.39 is 36.4 Å². The molecule has 354 valence electrons. The second kappa shape index (κ2) is 24.6. The highest BCUT2D eigenvalue weighted by Gasteiger charge is 2.30. The van der Waals surface area contributed by atoms with Crippen molar-refractivity contribution >= 4 is 11.9 Å². The average Bonchev–Trinajstić information content (AvgIpc) is 3.30. The molecule has 0 spiro atoms. The van der Waals surface area contributed by atoms with E-state index in [0.717, 1.165) is 65.6 Å². The average molecular weight is 926 g/mol. The minimum absolute atomic E-state index is 0.138. The summed E-state index contributed by atoms with van der Waals surface area (Å²) in [7, 11) is 0. The molecule has 0 radical (unpaired) electrons. The lowest BCUT2D eigenvalue weighted by molar-refractivity contribution is -0.140. The van der Waals surface area contributed by atoms with Gasteiger partial charge in [0, 0.05) is 12.2 Å². The van der Waals surface area contributed by atoms with E-state index in [1.54, 1.807) is 61.5 Å². The molecule has 1 aromatic heterocycles. The lowest BCUT2D eigenvalue weighted by Crippen LogP contribution is -2.17. The van der Waals surface area contributed by atoms with Crippen LogP contribution in [0.2, 0.25) is 0 Å². The number of aliphatic carboxylic acids is 2. The Balaban J connectivity index is 0.000000252. The van der Waals surface area contributed by atoms with Crippen LogP contribution in [0.4, 0.5) is 17.6 Å². The number of aryl methyl sites for hydroxylation is 2. The van der Waals surface area contributed by atoms with E-state index >= 15 is 0 Å². The van der Waals surface area contributed by atoms with E-state index in [1.165, 1.54) is 24.3 Å². The van der Waals surface area contributed by atoms with Crippen LogP contribution in [0.15, 0.2) is 121 Å². The molecule has 2 unspecified atom stereocenters. The number of rotatable bonds is 21. The molecule has 0 aliphatic rings. The Morgan fingerprint density at radius 3 is 1.78 bits per heavy atom. The van der Waals surface area contributed by atoms with Crippen molar-refractivity contribution in [3.05, 3.63) is 161 Å². The normalized spacial score (nSPS) is 12.0. The standard InChI is InChI=1S/C27H29FO4.C26H26F3NO5/c1-4-5-9-26(32-22-14-15-25(18(2)16-22)31-17-27(29)30)24-8-6-7-23(19(24)3)20-10-12-21(28)13-11-20;1-3-13-33-15-24(35-20-11-12-23(17(2)14-20)34-16-25(31)32)22-6-4-5-21(30-22)18-7-9-19(10-8-18)26(27,28)29/h6-8,10-16,26H,4-5,9,17H2,1-3H3,(H,29,30);4-12,14,24H,3,13,15-16H2,1-2H3,(H,31,32). The number of carboxylic acids is 2. The van der Waals surface area contributed by atoms with Gasteiger partial charge in [-0.15, -0.1) is 0 Å². The smallest absolute Gasteiger partial charge is 0.416 e. The third kappa shape index (κ3) is 15.3. The quantitative estimate of drug-likeness (QED) is 0.0531. The van der Waals surface area contributed by atoms with Crippen LogP contribution in [0.1, 0.15) is 85.2 Å². The first-order chi connectivity index (χ1) is 32.1. The number of hydrogen-bond donors (Lipinski definition) is 2. The molecule has 14 heteroatoms. The maximum absolute atomic E-state index is 13.4. The van der Waals surface area contributed by atoms with Crippen molar-refractivity contribution in [3.8, 4) is 45.4 Å². The van der Waals surface area contributed by atoms with Gasteiger partial charge in [0.25, 0.3) is 0 Å². The Kier molecular flexibility index (Phi) is 18.7. The number of alkyl halides is 3. The molecule has 5 aromatic carbocycles. The Labute approximate surface area is 388 Å². The molecule has 0 fully saturated rings. The Morgan fingerprint density at radius 1 is 0.672 bits per heavy atom. The predicted octanol–water partition coefficient (Wildman–Crippen LogP) is 13.0. The molecule has 0 amide bonds. The number of benzene rings is 5. The second-order valence-electron chi connectivity index (χ2n) is 15.7. The van der Waals surface area contributed by atoms with Gasteiger partial charge < -0.3 is 33.9 Å². The van der Waals surface area contributed by atoms with E-state index in [2.05, 4.69) is 24.9 Å². The number of carbonyl (C=O) groups is 2. The van der Waals surface area contributed by atoms with Gasteiger partial charge in [0.2, 0.25) is 0 Å². The summed E-state index contributed by atoms with van der Waals surface area (Å²) < 4.78 is 80.9. The number of nitrogens with zero attached hydrogens (tertiary/aromatic N) is 1. The Hall–Kier alpha value is -6.93. The monoisotopic (exact) mass is 925 g/mol. The summed E-state index contributed by atoms with van der Waals surface area (Å²) in [6.45, 7) is 9.76. The summed E-state index contributed by atoms with van der Waals surface area (Å²) in [6.07, 6.45) is -1.38. The zero-order valence-electron chi connectivity index (χ0n) is 38.1. The summed E-state index contributed by atoms with van der Waals surface area (Å²) in [5, 5.41) is 17.6. The molecular weight excluding hydrogens is 871 g/mol. The lowest BCUT2D eigenvalue weighted by Gasteiger charge is -2.23. The number of unbranched alkanes of at least 4 members (excludes halogenated alkanes) is 1. The third-order valence-corrected chi connectivity index (χ3v) is 10.5. The van der Waals surface area contributed by atoms with Crippen molar-refractivity contribution in [2.45, 2.75) is 78.7 Å². The highest BCUT2D eigenvalue weighted by molar-refractivity contribution is 5.70. The zero-order chi connectivity index (χ0) is 48.5. The van der Waals surface area contributed by atoms with Crippen molar-refractivity contribution in [1.82, 2.24) is 4.98 Å². The molecule has 67 heavy (non-hydrogen) atoms. The fraction of sp³-hybridized carbons (Fsp3) is 0.302. The molecule has 0 saturated carbocycles. The fourth-order valence-corrected chi connectivity index (χ4v) is 7.07. The Bertz CT molecular complexity index is 2550. The van der Waals surface area contributed by atoms with Crippen LogP contribution in [-0.2, 0) is 20.5 Å². The van der Waals surface area contributed by atoms with Gasteiger partial charge >= 0.3 is 18.1 Å². The first-order valence-corrected chi connectivity index (χ1v) is 21.9. The van der Waals surface area contributed by atoms with Gasteiger partial charge in [-0.25, -0.2) is 19.0 Å². The van der Waals surface area contributed by atoms with Crippen molar-refractivity contribution in [1.29, 1.82) is 0 Å². The van der Waals surface area contributed by atoms with E-state index in [1.807, 2.05) is 38.1 Å². The predicted molar refractivity (Wildman–Crippen MR) is 247 cm³/mol. The summed E-state index contributed by atoms with van der Waals surface area (Å²) in [5.74, 6) is -0.161. The summed E-state index contributed by atoms with van der Waals surface area (Å²) in [4.78, 5) is 26.1. The van der Waals surface area contributed by atoms with Crippen LogP contribution >= 0.6 is 0 Å². The van der Waals surface area contributed by atoms with E-state index in [9.17, 15) is 27.2 Å². The maximum Gasteiger partial charge on any atom is 0.416 e. The highest BCUT2D eigenvalue weighted by atomic mass is 19.4. The molecule has 6 aromatic rings. The first-order valence-electron chi connectivity index (χ1n) is 21.9. The van der Waals surface area contributed by atoms with Crippen molar-refractivity contribution < 1.29 is 61.0 Å². The van der Waals surface area contributed by atoms with Gasteiger partial charge in [-0.2, -0.15) is 13.2 Å². The Morgan fingerprint density at radius 2 is 1.24 bits per heavy atom. The molecular formula is C53H55F4NO9. The van der Waals surface area contributed by atoms with Gasteiger partial charge in [-0.1, -0.05) is 68.8 Å². The molecule has 0 bridgehead atoms. The molecule has 10 nitrogen and oxygen atoms in total.